The van der Waals surface area contributed by atoms with Gasteiger partial charge in [0.25, 0.3) is 0 Å². The van der Waals surface area contributed by atoms with Gasteiger partial charge in [0.15, 0.2) is 5.96 Å². The summed E-state index contributed by atoms with van der Waals surface area (Å²) in [6.07, 6.45) is 2.77. The van der Waals surface area contributed by atoms with Gasteiger partial charge in [0, 0.05) is 36.4 Å². The van der Waals surface area contributed by atoms with Crippen molar-refractivity contribution in [1.82, 2.24) is 20.8 Å². The van der Waals surface area contributed by atoms with Crippen LogP contribution in [0.15, 0.2) is 4.99 Å². The Bertz CT molecular complexity index is 612. The predicted molar refractivity (Wildman–Crippen MR) is 102 cm³/mol. The zero-order valence-electron chi connectivity index (χ0n) is 16.0. The van der Waals surface area contributed by atoms with Crippen molar-refractivity contribution >= 4 is 17.3 Å². The Labute approximate surface area is 154 Å². The maximum absolute atomic E-state index is 6.00. The molecule has 0 amide bonds. The van der Waals surface area contributed by atoms with Crippen LogP contribution in [-0.2, 0) is 11.3 Å². The average Bonchev–Trinajstić information content (AvgIpc) is 3.06. The molecule has 3 rings (SSSR count). The van der Waals surface area contributed by atoms with Gasteiger partial charge in [0.2, 0.25) is 0 Å². The average molecular weight is 366 g/mol. The van der Waals surface area contributed by atoms with Gasteiger partial charge in [-0.05, 0) is 19.8 Å². The Hall–Kier alpha value is -1.21. The van der Waals surface area contributed by atoms with E-state index >= 15 is 0 Å². The summed E-state index contributed by atoms with van der Waals surface area (Å²) in [6.45, 7) is 13.3. The minimum atomic E-state index is 0.134. The largest absolute Gasteiger partial charge is 0.377 e. The summed E-state index contributed by atoms with van der Waals surface area (Å²) >= 11 is 1.65. The standard InChI is InChI=1S/C18H31N5OS/c1-6-19-17(20-10-13-22-23-16(25-13)11(2)3)21-14-12-8-7-9-24-15(12)18(14,4)5/h11-12,14-15H,6-10H2,1-5H3,(H2,19,20,21). The van der Waals surface area contributed by atoms with E-state index in [0.717, 1.165) is 35.5 Å². The van der Waals surface area contributed by atoms with Gasteiger partial charge in [-0.2, -0.15) is 0 Å². The second-order valence-corrected chi connectivity index (χ2v) is 9.02. The van der Waals surface area contributed by atoms with Crippen molar-refractivity contribution in [3.05, 3.63) is 10.0 Å². The van der Waals surface area contributed by atoms with Crippen LogP contribution >= 0.6 is 11.3 Å². The van der Waals surface area contributed by atoms with E-state index in [1.54, 1.807) is 11.3 Å². The third-order valence-electron chi connectivity index (χ3n) is 5.32. The summed E-state index contributed by atoms with van der Waals surface area (Å²) in [5, 5.41) is 17.6. The minimum Gasteiger partial charge on any atom is -0.377 e. The van der Waals surface area contributed by atoms with Gasteiger partial charge in [0.05, 0.1) is 12.6 Å². The van der Waals surface area contributed by atoms with Crippen molar-refractivity contribution in [3.63, 3.8) is 0 Å². The molecule has 0 spiro atoms. The highest BCUT2D eigenvalue weighted by molar-refractivity contribution is 7.11. The lowest BCUT2D eigenvalue weighted by Crippen LogP contribution is -2.71. The molecule has 2 N–H and O–H groups in total. The van der Waals surface area contributed by atoms with Crippen LogP contribution in [0.1, 0.15) is 63.4 Å². The number of hydrogen-bond donors (Lipinski definition) is 2. The fourth-order valence-corrected chi connectivity index (χ4v) is 4.76. The molecule has 1 aliphatic heterocycles. The van der Waals surface area contributed by atoms with E-state index in [1.807, 2.05) is 0 Å². The van der Waals surface area contributed by atoms with Crippen molar-refractivity contribution in [2.45, 2.75) is 72.1 Å². The van der Waals surface area contributed by atoms with Gasteiger partial charge in [-0.3, -0.25) is 0 Å². The normalized spacial score (nSPS) is 28.4. The molecule has 2 aliphatic rings. The van der Waals surface area contributed by atoms with Crippen LogP contribution < -0.4 is 10.6 Å². The van der Waals surface area contributed by atoms with Crippen molar-refractivity contribution in [2.75, 3.05) is 13.2 Å². The van der Waals surface area contributed by atoms with Gasteiger partial charge >= 0.3 is 0 Å². The molecule has 7 heteroatoms. The summed E-state index contributed by atoms with van der Waals surface area (Å²) in [7, 11) is 0. The van der Waals surface area contributed by atoms with E-state index in [1.165, 1.54) is 6.42 Å². The molecule has 0 bridgehead atoms. The fourth-order valence-electron chi connectivity index (χ4n) is 3.99. The molecular weight excluding hydrogens is 334 g/mol. The molecule has 1 saturated carbocycles. The monoisotopic (exact) mass is 365 g/mol. The molecule has 0 radical (unpaired) electrons. The number of aliphatic imine (C=N–C) groups is 1. The highest BCUT2D eigenvalue weighted by atomic mass is 32.1. The molecular formula is C18H31N5OS. The van der Waals surface area contributed by atoms with Gasteiger partial charge in [-0.15, -0.1) is 10.2 Å². The van der Waals surface area contributed by atoms with Crippen LogP contribution in [0.5, 0.6) is 0 Å². The van der Waals surface area contributed by atoms with Gasteiger partial charge in [-0.1, -0.05) is 39.0 Å². The number of nitrogens with one attached hydrogen (secondary N) is 2. The first-order valence-corrected chi connectivity index (χ1v) is 10.2. The Morgan fingerprint density at radius 2 is 2.20 bits per heavy atom. The minimum absolute atomic E-state index is 0.134. The number of guanidine groups is 1. The summed E-state index contributed by atoms with van der Waals surface area (Å²) in [5.74, 6) is 1.87. The van der Waals surface area contributed by atoms with Crippen LogP contribution in [0.3, 0.4) is 0 Å². The molecule has 1 aliphatic carbocycles. The Kier molecular flexibility index (Phi) is 5.63. The highest BCUT2D eigenvalue weighted by Crippen LogP contribution is 2.51. The summed E-state index contributed by atoms with van der Waals surface area (Å²) in [6, 6.07) is 0.399. The third-order valence-corrected chi connectivity index (χ3v) is 6.52. The topological polar surface area (TPSA) is 71.4 Å². The second-order valence-electron chi connectivity index (χ2n) is 7.92. The molecule has 3 atom stereocenters. The Balaban J connectivity index is 1.66. The maximum atomic E-state index is 6.00. The number of hydrogen-bond acceptors (Lipinski definition) is 5. The smallest absolute Gasteiger partial charge is 0.191 e. The molecule has 0 aromatic carbocycles. The van der Waals surface area contributed by atoms with E-state index in [4.69, 9.17) is 9.73 Å². The zero-order valence-corrected chi connectivity index (χ0v) is 16.8. The van der Waals surface area contributed by atoms with Crippen LogP contribution in [0.2, 0.25) is 0 Å². The summed E-state index contributed by atoms with van der Waals surface area (Å²) in [4.78, 5) is 4.74. The van der Waals surface area contributed by atoms with Crippen LogP contribution in [0.25, 0.3) is 0 Å². The lowest BCUT2D eigenvalue weighted by molar-refractivity contribution is -0.188. The zero-order chi connectivity index (χ0) is 18.0. The first-order chi connectivity index (χ1) is 11.9. The van der Waals surface area contributed by atoms with Crippen LogP contribution in [0, 0.1) is 11.3 Å². The van der Waals surface area contributed by atoms with E-state index in [2.05, 4.69) is 55.4 Å². The number of ether oxygens (including phenoxy) is 1. The molecule has 1 aromatic rings. The Morgan fingerprint density at radius 1 is 1.40 bits per heavy atom. The van der Waals surface area contributed by atoms with Crippen molar-refractivity contribution in [2.24, 2.45) is 16.3 Å². The first-order valence-electron chi connectivity index (χ1n) is 9.42. The first kappa shape index (κ1) is 18.6. The van der Waals surface area contributed by atoms with E-state index in [-0.39, 0.29) is 5.41 Å². The summed E-state index contributed by atoms with van der Waals surface area (Å²) in [5.41, 5.74) is 0.134. The molecule has 25 heavy (non-hydrogen) atoms. The highest BCUT2D eigenvalue weighted by Gasteiger charge is 2.58. The molecule has 1 saturated heterocycles. The van der Waals surface area contributed by atoms with Crippen LogP contribution in [0.4, 0.5) is 0 Å². The lowest BCUT2D eigenvalue weighted by Gasteiger charge is -2.60. The predicted octanol–water partition coefficient (Wildman–Crippen LogP) is 2.92. The third kappa shape index (κ3) is 3.82. The number of fused-ring (bicyclic) bond motifs is 1. The number of rotatable bonds is 5. The Morgan fingerprint density at radius 3 is 2.88 bits per heavy atom. The number of nitrogens with zero attached hydrogens (tertiary/aromatic N) is 3. The van der Waals surface area contributed by atoms with Crippen LogP contribution in [-0.4, -0.2) is 41.5 Å². The second kappa shape index (κ2) is 7.58. The molecule has 140 valence electrons. The fraction of sp³-hybridized carbons (Fsp3) is 0.833. The molecule has 2 fully saturated rings. The van der Waals surface area contributed by atoms with Gasteiger partial charge in [-0.25, -0.2) is 4.99 Å². The van der Waals surface area contributed by atoms with Gasteiger partial charge in [0.1, 0.15) is 10.0 Å². The van der Waals surface area contributed by atoms with Crippen molar-refractivity contribution < 1.29 is 4.74 Å². The van der Waals surface area contributed by atoms with Gasteiger partial charge < -0.3 is 15.4 Å². The SMILES string of the molecule is CCNC(=NCc1nnc(C(C)C)s1)NC1C2CCCOC2C1(C)C. The van der Waals surface area contributed by atoms with Crippen molar-refractivity contribution in [3.8, 4) is 0 Å². The van der Waals surface area contributed by atoms with E-state index in [9.17, 15) is 0 Å². The summed E-state index contributed by atoms with van der Waals surface area (Å²) < 4.78 is 6.00. The molecule has 6 nitrogen and oxygen atoms in total. The number of aromatic nitrogens is 2. The quantitative estimate of drug-likeness (QED) is 0.620. The molecule has 3 unspecified atom stereocenters. The molecule has 2 heterocycles. The maximum Gasteiger partial charge on any atom is 0.191 e. The molecule has 1 aromatic heterocycles. The van der Waals surface area contributed by atoms with Crippen molar-refractivity contribution in [1.29, 1.82) is 0 Å². The van der Waals surface area contributed by atoms with E-state index in [0.29, 0.717) is 30.5 Å². The lowest BCUT2D eigenvalue weighted by atomic mass is 9.55. The van der Waals surface area contributed by atoms with E-state index < -0.39 is 0 Å².